The van der Waals surface area contributed by atoms with E-state index in [0.29, 0.717) is 18.2 Å². The number of nitrogens with one attached hydrogen (secondary N) is 2. The Morgan fingerprint density at radius 2 is 2.21 bits per heavy atom. The van der Waals surface area contributed by atoms with E-state index in [1.165, 1.54) is 5.56 Å². The Labute approximate surface area is 116 Å². The maximum atomic E-state index is 5.38. The molecule has 19 heavy (non-hydrogen) atoms. The highest BCUT2D eigenvalue weighted by molar-refractivity contribution is 7.07. The summed E-state index contributed by atoms with van der Waals surface area (Å²) in [5.74, 6) is 7.29. The van der Waals surface area contributed by atoms with Crippen LogP contribution in [0, 0.1) is 0 Å². The predicted octanol–water partition coefficient (Wildman–Crippen LogP) is 1.62. The van der Waals surface area contributed by atoms with E-state index >= 15 is 0 Å². The fraction of sp³-hybridized carbons (Fsp3) is 0.333. The summed E-state index contributed by atoms with van der Waals surface area (Å²) in [6.45, 7) is 1.17. The molecule has 4 N–H and O–H groups in total. The summed E-state index contributed by atoms with van der Waals surface area (Å²) in [6, 6.07) is 3.89. The van der Waals surface area contributed by atoms with Crippen molar-refractivity contribution in [2.45, 2.75) is 13.0 Å². The highest BCUT2D eigenvalue weighted by Gasteiger charge is 2.03. The number of hydrogen-bond donors (Lipinski definition) is 3. The fourth-order valence-electron chi connectivity index (χ4n) is 1.63. The number of rotatable bonds is 7. The molecule has 6 nitrogen and oxygen atoms in total. The van der Waals surface area contributed by atoms with Gasteiger partial charge in [-0.3, -0.25) is 0 Å². The standard InChI is InChI=1S/C12H17N5OS/c1-18-7-12-15-10(6-11(16-12)17-13)14-4-2-9-3-5-19-8-9/h3,5-6,8H,2,4,7,13H2,1H3,(H2,14,15,16,17). The highest BCUT2D eigenvalue weighted by atomic mass is 32.1. The minimum atomic E-state index is 0.356. The van der Waals surface area contributed by atoms with Crippen LogP contribution in [0.15, 0.2) is 22.9 Å². The summed E-state index contributed by atoms with van der Waals surface area (Å²) in [6.07, 6.45) is 0.957. The largest absolute Gasteiger partial charge is 0.377 e. The van der Waals surface area contributed by atoms with E-state index in [0.717, 1.165) is 18.8 Å². The van der Waals surface area contributed by atoms with Crippen molar-refractivity contribution in [1.29, 1.82) is 0 Å². The quantitative estimate of drug-likeness (QED) is 0.527. The van der Waals surface area contributed by atoms with Crippen LogP contribution in [0.1, 0.15) is 11.4 Å². The lowest BCUT2D eigenvalue weighted by Crippen LogP contribution is -2.13. The molecule has 0 saturated carbocycles. The van der Waals surface area contributed by atoms with E-state index in [2.05, 4.69) is 37.5 Å². The second kappa shape index (κ2) is 7.03. The lowest BCUT2D eigenvalue weighted by atomic mass is 10.2. The summed E-state index contributed by atoms with van der Waals surface area (Å²) >= 11 is 1.70. The third kappa shape index (κ3) is 4.16. The van der Waals surface area contributed by atoms with Gasteiger partial charge in [-0.15, -0.1) is 0 Å². The van der Waals surface area contributed by atoms with Gasteiger partial charge in [-0.2, -0.15) is 11.3 Å². The van der Waals surface area contributed by atoms with Crippen LogP contribution >= 0.6 is 11.3 Å². The van der Waals surface area contributed by atoms with Gasteiger partial charge in [0.1, 0.15) is 18.2 Å². The molecule has 2 heterocycles. The Morgan fingerprint density at radius 1 is 1.37 bits per heavy atom. The number of anilines is 2. The van der Waals surface area contributed by atoms with Crippen LogP contribution in [0.2, 0.25) is 0 Å². The molecule has 0 spiro atoms. The van der Waals surface area contributed by atoms with Crippen LogP contribution in [-0.4, -0.2) is 23.6 Å². The first-order chi connectivity index (χ1) is 9.31. The van der Waals surface area contributed by atoms with Gasteiger partial charge in [0.15, 0.2) is 5.82 Å². The van der Waals surface area contributed by atoms with Gasteiger partial charge in [0.05, 0.1) is 0 Å². The van der Waals surface area contributed by atoms with E-state index in [1.807, 2.05) is 0 Å². The van der Waals surface area contributed by atoms with Crippen molar-refractivity contribution in [3.8, 4) is 0 Å². The van der Waals surface area contributed by atoms with Crippen molar-refractivity contribution < 1.29 is 4.74 Å². The zero-order chi connectivity index (χ0) is 13.5. The first kappa shape index (κ1) is 13.7. The van der Waals surface area contributed by atoms with Crippen molar-refractivity contribution in [3.05, 3.63) is 34.3 Å². The molecule has 0 atom stereocenters. The Balaban J connectivity index is 1.96. The van der Waals surface area contributed by atoms with E-state index in [-0.39, 0.29) is 0 Å². The lowest BCUT2D eigenvalue weighted by Gasteiger charge is -2.09. The molecule has 0 unspecified atom stereocenters. The molecule has 0 bridgehead atoms. The van der Waals surface area contributed by atoms with Crippen molar-refractivity contribution in [2.24, 2.45) is 5.84 Å². The molecule has 0 aromatic carbocycles. The van der Waals surface area contributed by atoms with Gasteiger partial charge in [0, 0.05) is 19.7 Å². The number of thiophene rings is 1. The molecule has 102 valence electrons. The van der Waals surface area contributed by atoms with Crippen molar-refractivity contribution in [1.82, 2.24) is 9.97 Å². The summed E-state index contributed by atoms with van der Waals surface area (Å²) < 4.78 is 5.03. The molecule has 0 aliphatic rings. The van der Waals surface area contributed by atoms with Crippen LogP contribution < -0.4 is 16.6 Å². The summed E-state index contributed by atoms with van der Waals surface area (Å²) in [5.41, 5.74) is 3.85. The lowest BCUT2D eigenvalue weighted by molar-refractivity contribution is 0.178. The van der Waals surface area contributed by atoms with E-state index < -0.39 is 0 Å². The summed E-state index contributed by atoms with van der Waals surface area (Å²) in [7, 11) is 1.61. The van der Waals surface area contributed by atoms with Gasteiger partial charge in [0.2, 0.25) is 0 Å². The maximum absolute atomic E-state index is 5.38. The molecule has 2 rings (SSSR count). The summed E-state index contributed by atoms with van der Waals surface area (Å²) in [4.78, 5) is 8.54. The molecule has 2 aromatic heterocycles. The second-order valence-corrected chi connectivity index (χ2v) is 4.72. The van der Waals surface area contributed by atoms with Crippen LogP contribution in [-0.2, 0) is 17.8 Å². The topological polar surface area (TPSA) is 85.1 Å². The molecule has 0 radical (unpaired) electrons. The SMILES string of the molecule is COCc1nc(NN)cc(NCCc2ccsc2)n1. The molecule has 7 heteroatoms. The molecular weight excluding hydrogens is 262 g/mol. The van der Waals surface area contributed by atoms with Gasteiger partial charge in [-0.05, 0) is 28.8 Å². The molecule has 0 amide bonds. The van der Waals surface area contributed by atoms with Gasteiger partial charge in [-0.1, -0.05) is 0 Å². The smallest absolute Gasteiger partial charge is 0.158 e. The number of hydrogen-bond acceptors (Lipinski definition) is 7. The van der Waals surface area contributed by atoms with Gasteiger partial charge in [-0.25, -0.2) is 15.8 Å². The maximum Gasteiger partial charge on any atom is 0.158 e. The minimum Gasteiger partial charge on any atom is -0.377 e. The molecular formula is C12H17N5OS. The predicted molar refractivity (Wildman–Crippen MR) is 77.1 cm³/mol. The first-order valence-electron chi connectivity index (χ1n) is 5.90. The molecule has 0 fully saturated rings. The zero-order valence-corrected chi connectivity index (χ0v) is 11.5. The van der Waals surface area contributed by atoms with Gasteiger partial charge in [0.25, 0.3) is 0 Å². The van der Waals surface area contributed by atoms with E-state index in [9.17, 15) is 0 Å². The Morgan fingerprint density at radius 3 is 2.89 bits per heavy atom. The zero-order valence-electron chi connectivity index (χ0n) is 10.7. The number of nitrogens with two attached hydrogens (primary N) is 1. The number of methoxy groups -OCH3 is 1. The van der Waals surface area contributed by atoms with E-state index in [1.54, 1.807) is 24.5 Å². The normalized spacial score (nSPS) is 10.4. The van der Waals surface area contributed by atoms with Crippen molar-refractivity contribution in [2.75, 3.05) is 24.4 Å². The second-order valence-electron chi connectivity index (χ2n) is 3.94. The minimum absolute atomic E-state index is 0.356. The Bertz CT molecular complexity index is 503. The highest BCUT2D eigenvalue weighted by Crippen LogP contribution is 2.12. The molecule has 0 aliphatic carbocycles. The number of nitrogen functional groups attached to an aromatic ring is 1. The molecule has 0 aliphatic heterocycles. The summed E-state index contributed by atoms with van der Waals surface area (Å²) in [5, 5.41) is 7.48. The van der Waals surface area contributed by atoms with E-state index in [4.69, 9.17) is 10.6 Å². The van der Waals surface area contributed by atoms with Gasteiger partial charge >= 0.3 is 0 Å². The van der Waals surface area contributed by atoms with Crippen molar-refractivity contribution >= 4 is 23.0 Å². The number of nitrogens with zero attached hydrogens (tertiary/aromatic N) is 2. The molecule has 0 saturated heterocycles. The Hall–Kier alpha value is -1.70. The third-order valence-electron chi connectivity index (χ3n) is 2.49. The first-order valence-corrected chi connectivity index (χ1v) is 6.84. The average Bonchev–Trinajstić information content (AvgIpc) is 2.92. The Kier molecular flexibility index (Phi) is 5.08. The van der Waals surface area contributed by atoms with Crippen molar-refractivity contribution in [3.63, 3.8) is 0 Å². The number of hydrazine groups is 1. The van der Waals surface area contributed by atoms with Crippen LogP contribution in [0.25, 0.3) is 0 Å². The number of aromatic nitrogens is 2. The van der Waals surface area contributed by atoms with Gasteiger partial charge < -0.3 is 15.5 Å². The molecule has 2 aromatic rings. The number of ether oxygens (including phenoxy) is 1. The van der Waals surface area contributed by atoms with Crippen LogP contribution in [0.3, 0.4) is 0 Å². The van der Waals surface area contributed by atoms with Crippen LogP contribution in [0.4, 0.5) is 11.6 Å². The van der Waals surface area contributed by atoms with Crippen LogP contribution in [0.5, 0.6) is 0 Å². The fourth-order valence-corrected chi connectivity index (χ4v) is 2.33. The monoisotopic (exact) mass is 279 g/mol. The third-order valence-corrected chi connectivity index (χ3v) is 3.23. The average molecular weight is 279 g/mol.